The Morgan fingerprint density at radius 3 is 2.34 bits per heavy atom. The van der Waals surface area contributed by atoms with E-state index in [-0.39, 0.29) is 10.5 Å². The standard InChI is InChI=1S/C18H18ClN3O6S/c1-11(22-29(25,26)14-5-3-13(19)4-6-14)17(23)20-21-18(24)12-2-7-15-16(10-12)28-9-8-27-15/h2-7,10-11,22H,8-9H2,1H3,(H,20,23)(H,21,24)/t11-/m0/s1. The zero-order chi connectivity index (χ0) is 21.0. The predicted molar refractivity (Wildman–Crippen MR) is 104 cm³/mol. The van der Waals surface area contributed by atoms with Crippen molar-refractivity contribution in [2.45, 2.75) is 17.9 Å². The summed E-state index contributed by atoms with van der Waals surface area (Å²) in [6, 6.07) is 8.94. The fraction of sp³-hybridized carbons (Fsp3) is 0.222. The van der Waals surface area contributed by atoms with E-state index in [9.17, 15) is 18.0 Å². The van der Waals surface area contributed by atoms with Gasteiger partial charge in [-0.2, -0.15) is 4.72 Å². The van der Waals surface area contributed by atoms with Gasteiger partial charge >= 0.3 is 0 Å². The fourth-order valence-electron chi connectivity index (χ4n) is 2.45. The summed E-state index contributed by atoms with van der Waals surface area (Å²) >= 11 is 5.74. The van der Waals surface area contributed by atoms with Gasteiger partial charge in [-0.15, -0.1) is 0 Å². The number of nitrogens with one attached hydrogen (secondary N) is 3. The Morgan fingerprint density at radius 1 is 1.00 bits per heavy atom. The number of hydrogen-bond donors (Lipinski definition) is 3. The zero-order valence-corrected chi connectivity index (χ0v) is 16.8. The molecule has 0 saturated carbocycles. The number of hydrazine groups is 1. The van der Waals surface area contributed by atoms with Gasteiger partial charge in [0.2, 0.25) is 10.0 Å². The number of sulfonamides is 1. The molecule has 1 aliphatic rings. The van der Waals surface area contributed by atoms with Crippen LogP contribution in [0.1, 0.15) is 17.3 Å². The van der Waals surface area contributed by atoms with Crippen LogP contribution in [0.25, 0.3) is 0 Å². The van der Waals surface area contributed by atoms with Crippen molar-refractivity contribution < 1.29 is 27.5 Å². The van der Waals surface area contributed by atoms with Crippen molar-refractivity contribution in [3.8, 4) is 11.5 Å². The Hall–Kier alpha value is -2.82. The third kappa shape index (κ3) is 5.17. The second-order valence-corrected chi connectivity index (χ2v) is 8.25. The van der Waals surface area contributed by atoms with Gasteiger partial charge in [0.1, 0.15) is 13.2 Å². The van der Waals surface area contributed by atoms with E-state index in [2.05, 4.69) is 15.6 Å². The van der Waals surface area contributed by atoms with Crippen molar-refractivity contribution in [1.82, 2.24) is 15.6 Å². The SMILES string of the molecule is C[C@H](NS(=O)(=O)c1ccc(Cl)cc1)C(=O)NNC(=O)c1ccc2c(c1)OCCO2. The lowest BCUT2D eigenvalue weighted by Gasteiger charge is -2.19. The Bertz CT molecular complexity index is 1030. The number of rotatable bonds is 5. The van der Waals surface area contributed by atoms with Gasteiger partial charge in [-0.1, -0.05) is 11.6 Å². The second-order valence-electron chi connectivity index (χ2n) is 6.10. The van der Waals surface area contributed by atoms with E-state index in [1.165, 1.54) is 43.3 Å². The Kier molecular flexibility index (Phi) is 6.26. The topological polar surface area (TPSA) is 123 Å². The molecule has 0 saturated heterocycles. The molecule has 1 atom stereocenters. The molecule has 0 radical (unpaired) electrons. The van der Waals surface area contributed by atoms with E-state index >= 15 is 0 Å². The lowest BCUT2D eigenvalue weighted by atomic mass is 10.2. The van der Waals surface area contributed by atoms with Gasteiger partial charge in [-0.05, 0) is 49.4 Å². The molecule has 29 heavy (non-hydrogen) atoms. The molecule has 1 heterocycles. The number of fused-ring (bicyclic) bond motifs is 1. The van der Waals surface area contributed by atoms with Crippen molar-refractivity contribution in [2.24, 2.45) is 0 Å². The van der Waals surface area contributed by atoms with E-state index < -0.39 is 27.9 Å². The normalized spacial score (nSPS) is 14.0. The maximum absolute atomic E-state index is 12.3. The summed E-state index contributed by atoms with van der Waals surface area (Å²) in [6.45, 7) is 2.15. The first-order chi connectivity index (χ1) is 13.8. The number of carbonyl (C=O) groups excluding carboxylic acids is 2. The quantitative estimate of drug-likeness (QED) is 0.602. The van der Waals surface area contributed by atoms with Crippen molar-refractivity contribution in [3.63, 3.8) is 0 Å². The Balaban J connectivity index is 1.57. The molecule has 9 nitrogen and oxygen atoms in total. The summed E-state index contributed by atoms with van der Waals surface area (Å²) in [4.78, 5) is 24.3. The third-order valence-corrected chi connectivity index (χ3v) is 5.76. The highest BCUT2D eigenvalue weighted by molar-refractivity contribution is 7.89. The van der Waals surface area contributed by atoms with Gasteiger partial charge in [0.05, 0.1) is 10.9 Å². The minimum atomic E-state index is -3.93. The molecule has 3 N–H and O–H groups in total. The number of benzene rings is 2. The number of amides is 2. The van der Waals surface area contributed by atoms with Gasteiger partial charge in [0.15, 0.2) is 11.5 Å². The third-order valence-electron chi connectivity index (χ3n) is 3.95. The monoisotopic (exact) mass is 439 g/mol. The van der Waals surface area contributed by atoms with Gasteiger partial charge < -0.3 is 9.47 Å². The van der Waals surface area contributed by atoms with Gasteiger partial charge in [0, 0.05) is 10.6 Å². The van der Waals surface area contributed by atoms with E-state index in [4.69, 9.17) is 21.1 Å². The van der Waals surface area contributed by atoms with Crippen LogP contribution >= 0.6 is 11.6 Å². The predicted octanol–water partition coefficient (Wildman–Crippen LogP) is 1.24. The van der Waals surface area contributed by atoms with Crippen molar-refractivity contribution in [1.29, 1.82) is 0 Å². The van der Waals surface area contributed by atoms with Crippen LogP contribution in [-0.4, -0.2) is 39.5 Å². The zero-order valence-electron chi connectivity index (χ0n) is 15.3. The number of hydrogen-bond acceptors (Lipinski definition) is 6. The maximum atomic E-state index is 12.3. The molecule has 2 amide bonds. The number of halogens is 1. The largest absolute Gasteiger partial charge is 0.486 e. The van der Waals surface area contributed by atoms with Gasteiger partial charge in [-0.3, -0.25) is 20.4 Å². The average molecular weight is 440 g/mol. The van der Waals surface area contributed by atoms with Crippen LogP contribution in [0, 0.1) is 0 Å². The van der Waals surface area contributed by atoms with Crippen molar-refractivity contribution in [2.75, 3.05) is 13.2 Å². The molecule has 1 aliphatic heterocycles. The van der Waals surface area contributed by atoms with Crippen LogP contribution in [0.3, 0.4) is 0 Å². The molecule has 0 spiro atoms. The minimum absolute atomic E-state index is 0.0399. The fourth-order valence-corrected chi connectivity index (χ4v) is 3.78. The van der Waals surface area contributed by atoms with Crippen LogP contribution in [0.4, 0.5) is 0 Å². The summed E-state index contributed by atoms with van der Waals surface area (Å²) in [5.41, 5.74) is 4.66. The molecule has 2 aromatic rings. The lowest BCUT2D eigenvalue weighted by Crippen LogP contribution is -2.51. The number of carbonyl (C=O) groups is 2. The van der Waals surface area contributed by atoms with Crippen LogP contribution in [-0.2, 0) is 14.8 Å². The van der Waals surface area contributed by atoms with E-state index in [1.54, 1.807) is 6.07 Å². The second kappa shape index (κ2) is 8.68. The Labute approximate surface area is 172 Å². The molecular formula is C18H18ClN3O6S. The molecule has 0 fully saturated rings. The summed E-state index contributed by atoms with van der Waals surface area (Å²) in [5, 5.41) is 0.386. The minimum Gasteiger partial charge on any atom is -0.486 e. The van der Waals surface area contributed by atoms with E-state index in [1.807, 2.05) is 0 Å². The maximum Gasteiger partial charge on any atom is 0.269 e. The average Bonchev–Trinajstić information content (AvgIpc) is 2.71. The molecule has 0 aliphatic carbocycles. The van der Waals surface area contributed by atoms with Crippen LogP contribution in [0.15, 0.2) is 47.4 Å². The van der Waals surface area contributed by atoms with Crippen LogP contribution < -0.4 is 25.0 Å². The first kappa shape index (κ1) is 20.9. The van der Waals surface area contributed by atoms with E-state index in [0.29, 0.717) is 29.7 Å². The van der Waals surface area contributed by atoms with Gasteiger partial charge in [-0.25, -0.2) is 8.42 Å². The summed E-state index contributed by atoms with van der Waals surface area (Å²) in [5.74, 6) is -0.377. The van der Waals surface area contributed by atoms with Gasteiger partial charge in [0.25, 0.3) is 11.8 Å². The first-order valence-electron chi connectivity index (χ1n) is 8.54. The van der Waals surface area contributed by atoms with Crippen molar-refractivity contribution >= 4 is 33.4 Å². The van der Waals surface area contributed by atoms with E-state index in [0.717, 1.165) is 0 Å². The first-order valence-corrected chi connectivity index (χ1v) is 10.4. The summed E-state index contributed by atoms with van der Waals surface area (Å²) in [6.07, 6.45) is 0. The molecule has 11 heteroatoms. The molecule has 0 aromatic heterocycles. The molecule has 0 unspecified atom stereocenters. The lowest BCUT2D eigenvalue weighted by molar-refractivity contribution is -0.123. The molecule has 3 rings (SSSR count). The Morgan fingerprint density at radius 2 is 1.66 bits per heavy atom. The molecule has 0 bridgehead atoms. The highest BCUT2D eigenvalue weighted by Gasteiger charge is 2.23. The smallest absolute Gasteiger partial charge is 0.269 e. The summed E-state index contributed by atoms with van der Waals surface area (Å²) < 4.78 is 37.6. The highest BCUT2D eigenvalue weighted by Crippen LogP contribution is 2.30. The molecule has 2 aromatic carbocycles. The molecular weight excluding hydrogens is 422 g/mol. The summed E-state index contributed by atoms with van der Waals surface area (Å²) in [7, 11) is -3.93. The van der Waals surface area contributed by atoms with Crippen LogP contribution in [0.5, 0.6) is 11.5 Å². The highest BCUT2D eigenvalue weighted by atomic mass is 35.5. The van der Waals surface area contributed by atoms with Crippen molar-refractivity contribution in [3.05, 3.63) is 53.1 Å². The number of ether oxygens (including phenoxy) is 2. The molecule has 154 valence electrons. The van der Waals surface area contributed by atoms with Crippen LogP contribution in [0.2, 0.25) is 5.02 Å².